The molecule has 0 aliphatic rings. The van der Waals surface area contributed by atoms with E-state index in [0.29, 0.717) is 6.42 Å². The van der Waals surface area contributed by atoms with E-state index in [4.69, 9.17) is 14.8 Å². The first-order chi connectivity index (χ1) is 29.9. The fraction of sp³-hybridized carbons (Fsp3) is 0.942. The molecule has 0 aromatic heterocycles. The molecule has 8 nitrogen and oxygen atoms in total. The Balaban J connectivity index is 3.81. The molecule has 1 amide bonds. The summed E-state index contributed by atoms with van der Waals surface area (Å²) in [7, 11) is -4.33. The van der Waals surface area contributed by atoms with Gasteiger partial charge in [-0.05, 0) is 19.3 Å². The van der Waals surface area contributed by atoms with Crippen LogP contribution in [-0.2, 0) is 18.4 Å². The van der Waals surface area contributed by atoms with Gasteiger partial charge in [0.25, 0.3) is 0 Å². The number of phosphoric acid groups is 1. The van der Waals surface area contributed by atoms with E-state index < -0.39 is 20.0 Å². The summed E-state index contributed by atoms with van der Waals surface area (Å²) >= 11 is 0. The van der Waals surface area contributed by atoms with E-state index in [0.717, 1.165) is 38.5 Å². The normalized spacial score (nSPS) is 13.9. The summed E-state index contributed by atoms with van der Waals surface area (Å²) in [5, 5.41) is 13.7. The molecule has 0 saturated carbocycles. The highest BCUT2D eigenvalue weighted by Gasteiger charge is 2.26. The molecule has 3 atom stereocenters. The fourth-order valence-corrected chi connectivity index (χ4v) is 9.07. The van der Waals surface area contributed by atoms with Gasteiger partial charge in [0.2, 0.25) is 5.91 Å². The highest BCUT2D eigenvalue weighted by atomic mass is 31.2. The Kier molecular flexibility index (Phi) is 48.1. The van der Waals surface area contributed by atoms with Gasteiger partial charge >= 0.3 is 7.82 Å². The van der Waals surface area contributed by atoms with Gasteiger partial charge in [0, 0.05) is 13.0 Å². The fourth-order valence-electron chi connectivity index (χ4n) is 8.31. The van der Waals surface area contributed by atoms with E-state index in [1.807, 2.05) is 6.08 Å². The van der Waals surface area contributed by atoms with Crippen molar-refractivity contribution in [3.63, 3.8) is 0 Å². The number of hydrogen-bond donors (Lipinski definition) is 4. The molecule has 0 bridgehead atoms. The quantitative estimate of drug-likeness (QED) is 0.0272. The van der Waals surface area contributed by atoms with Gasteiger partial charge in [-0.1, -0.05) is 270 Å². The van der Waals surface area contributed by atoms with Crippen LogP contribution in [0.4, 0.5) is 0 Å². The van der Waals surface area contributed by atoms with Crippen molar-refractivity contribution in [1.82, 2.24) is 5.32 Å². The molecule has 0 aromatic rings. The Hall–Kier alpha value is -0.760. The van der Waals surface area contributed by atoms with E-state index in [9.17, 15) is 19.4 Å². The first-order valence-electron chi connectivity index (χ1n) is 26.8. The van der Waals surface area contributed by atoms with E-state index >= 15 is 0 Å². The van der Waals surface area contributed by atoms with Crippen LogP contribution in [-0.4, -0.2) is 47.8 Å². The minimum Gasteiger partial charge on any atom is -0.387 e. The van der Waals surface area contributed by atoms with Crippen molar-refractivity contribution in [2.24, 2.45) is 5.73 Å². The number of carbonyl (C=O) groups excluding carboxylic acids is 1. The maximum absolute atomic E-state index is 12.8. The van der Waals surface area contributed by atoms with Gasteiger partial charge in [-0.2, -0.15) is 0 Å². The first kappa shape index (κ1) is 60.2. The van der Waals surface area contributed by atoms with Crippen LogP contribution >= 0.6 is 7.82 Å². The van der Waals surface area contributed by atoms with Crippen molar-refractivity contribution in [2.75, 3.05) is 19.8 Å². The number of rotatable bonds is 51. The van der Waals surface area contributed by atoms with E-state index in [1.165, 1.54) is 225 Å². The third kappa shape index (κ3) is 47.0. The Labute approximate surface area is 379 Å². The summed E-state index contributed by atoms with van der Waals surface area (Å²) in [6.45, 7) is 4.16. The molecule has 0 aromatic carbocycles. The largest absolute Gasteiger partial charge is 0.472 e. The topological polar surface area (TPSA) is 131 Å². The van der Waals surface area contributed by atoms with Crippen molar-refractivity contribution in [1.29, 1.82) is 0 Å². The molecule has 61 heavy (non-hydrogen) atoms. The molecular weight excluding hydrogens is 780 g/mol. The molecule has 0 radical (unpaired) electrons. The average Bonchev–Trinajstić information content (AvgIpc) is 3.25. The molecule has 9 heteroatoms. The van der Waals surface area contributed by atoms with Crippen LogP contribution in [0.25, 0.3) is 0 Å². The molecule has 364 valence electrons. The summed E-state index contributed by atoms with van der Waals surface area (Å²) in [6.07, 6.45) is 57.4. The SMILES string of the molecule is CCCCCCCCCCC/C=C/[C@@H](O)[C@H](COP(=O)(O)OCCN)NC(=O)CCCCCCCCCCCCCCCCCCCCCCCCCCCCCCCCC. The molecule has 1 unspecified atom stereocenters. The second-order valence-electron chi connectivity index (χ2n) is 18.5. The lowest BCUT2D eigenvalue weighted by atomic mass is 10.0. The van der Waals surface area contributed by atoms with Gasteiger partial charge in [-0.3, -0.25) is 13.8 Å². The standard InChI is InChI=1S/C52H105N2O6P/c1-3-5-7-9-11-13-15-16-17-18-19-20-21-22-23-24-25-26-27-28-29-30-31-32-33-34-36-38-40-42-44-46-52(56)54-50(49-60-61(57,58)59-48-47-53)51(55)45-43-41-39-37-35-14-12-10-8-6-4-2/h43,45,50-51,55H,3-42,44,46-49,53H2,1-2H3,(H,54,56)(H,57,58)/b45-43+/t50-,51+/m0/s1. The molecule has 0 aliphatic carbocycles. The maximum Gasteiger partial charge on any atom is 0.472 e. The van der Waals surface area contributed by atoms with E-state index in [-0.39, 0.29) is 25.7 Å². The summed E-state index contributed by atoms with van der Waals surface area (Å²) in [6, 6.07) is -0.854. The number of amides is 1. The summed E-state index contributed by atoms with van der Waals surface area (Å²) < 4.78 is 22.2. The number of carbonyl (C=O) groups is 1. The van der Waals surface area contributed by atoms with Crippen molar-refractivity contribution in [3.8, 4) is 0 Å². The molecule has 0 heterocycles. The highest BCUT2D eigenvalue weighted by molar-refractivity contribution is 7.47. The summed E-state index contributed by atoms with van der Waals surface area (Å²) in [5.74, 6) is -0.189. The van der Waals surface area contributed by atoms with Crippen LogP contribution in [0.1, 0.15) is 284 Å². The van der Waals surface area contributed by atoms with Crippen LogP contribution in [0.3, 0.4) is 0 Å². The third-order valence-corrected chi connectivity index (χ3v) is 13.3. The number of hydrogen-bond acceptors (Lipinski definition) is 6. The molecular formula is C52H105N2O6P. The maximum atomic E-state index is 12.8. The first-order valence-corrected chi connectivity index (χ1v) is 28.3. The van der Waals surface area contributed by atoms with Gasteiger partial charge in [0.15, 0.2) is 0 Å². The zero-order valence-electron chi connectivity index (χ0n) is 40.7. The van der Waals surface area contributed by atoms with Crippen molar-refractivity contribution < 1.29 is 28.4 Å². The molecule has 0 saturated heterocycles. The lowest BCUT2D eigenvalue weighted by molar-refractivity contribution is -0.123. The number of allylic oxidation sites excluding steroid dienone is 1. The van der Waals surface area contributed by atoms with Crippen molar-refractivity contribution >= 4 is 13.7 Å². The summed E-state index contributed by atoms with van der Waals surface area (Å²) in [4.78, 5) is 22.8. The molecule has 0 fully saturated rings. The molecule has 0 aliphatic heterocycles. The van der Waals surface area contributed by atoms with Crippen LogP contribution in [0, 0.1) is 0 Å². The minimum absolute atomic E-state index is 0.0814. The van der Waals surface area contributed by atoms with Crippen molar-refractivity contribution in [3.05, 3.63) is 12.2 Å². The molecule has 0 rings (SSSR count). The van der Waals surface area contributed by atoms with Gasteiger partial charge in [0.1, 0.15) is 0 Å². The number of aliphatic hydroxyl groups is 1. The molecule has 0 spiro atoms. The Morgan fingerprint density at radius 2 is 0.836 bits per heavy atom. The third-order valence-electron chi connectivity index (χ3n) is 12.4. The Morgan fingerprint density at radius 3 is 1.16 bits per heavy atom. The van der Waals surface area contributed by atoms with Crippen LogP contribution in [0.2, 0.25) is 0 Å². The number of aliphatic hydroxyl groups excluding tert-OH is 1. The summed E-state index contributed by atoms with van der Waals surface area (Å²) in [5.41, 5.74) is 5.38. The second kappa shape index (κ2) is 48.7. The zero-order chi connectivity index (χ0) is 44.6. The number of nitrogens with two attached hydrogens (primary N) is 1. The van der Waals surface area contributed by atoms with Crippen LogP contribution < -0.4 is 11.1 Å². The van der Waals surface area contributed by atoms with Crippen LogP contribution in [0.5, 0.6) is 0 Å². The van der Waals surface area contributed by atoms with E-state index in [2.05, 4.69) is 19.2 Å². The monoisotopic (exact) mass is 885 g/mol. The average molecular weight is 885 g/mol. The number of unbranched alkanes of at least 4 members (excludes halogenated alkanes) is 39. The van der Waals surface area contributed by atoms with Gasteiger partial charge in [-0.25, -0.2) is 4.57 Å². The number of phosphoric ester groups is 1. The second-order valence-corrected chi connectivity index (χ2v) is 19.9. The van der Waals surface area contributed by atoms with E-state index in [1.54, 1.807) is 6.08 Å². The Bertz CT molecular complexity index is 968. The predicted octanol–water partition coefficient (Wildman–Crippen LogP) is 15.9. The highest BCUT2D eigenvalue weighted by Crippen LogP contribution is 2.43. The van der Waals surface area contributed by atoms with Crippen LogP contribution in [0.15, 0.2) is 12.2 Å². The zero-order valence-corrected chi connectivity index (χ0v) is 41.6. The number of nitrogens with one attached hydrogen (secondary N) is 1. The Morgan fingerprint density at radius 1 is 0.525 bits per heavy atom. The van der Waals surface area contributed by atoms with Gasteiger partial charge < -0.3 is 21.1 Å². The van der Waals surface area contributed by atoms with Gasteiger partial charge in [-0.15, -0.1) is 0 Å². The predicted molar refractivity (Wildman–Crippen MR) is 263 cm³/mol. The minimum atomic E-state index is -4.33. The molecule has 5 N–H and O–H groups in total. The smallest absolute Gasteiger partial charge is 0.387 e. The van der Waals surface area contributed by atoms with Crippen molar-refractivity contribution in [2.45, 2.75) is 296 Å². The lowest BCUT2D eigenvalue weighted by Crippen LogP contribution is -2.45. The van der Waals surface area contributed by atoms with Gasteiger partial charge in [0.05, 0.1) is 25.4 Å². The lowest BCUT2D eigenvalue weighted by Gasteiger charge is -2.23.